The highest BCUT2D eigenvalue weighted by atomic mass is 16.4. The SMILES string of the molecule is CCN=c1cc2oc3cc(NCC)c(C)cc3c(CCC(=O)O)c-2cc1C. The Bertz CT molecular complexity index is 1030. The summed E-state index contributed by atoms with van der Waals surface area (Å²) in [7, 11) is 0. The molecule has 1 aromatic rings. The summed E-state index contributed by atoms with van der Waals surface area (Å²) in [4.78, 5) is 15.7. The average molecular weight is 366 g/mol. The zero-order chi connectivity index (χ0) is 19.6. The number of hydrogen-bond acceptors (Lipinski definition) is 4. The highest BCUT2D eigenvalue weighted by Gasteiger charge is 2.18. The lowest BCUT2D eigenvalue weighted by atomic mass is 9.93. The van der Waals surface area contributed by atoms with Crippen LogP contribution in [0, 0.1) is 13.8 Å². The molecular formula is C22H26N2O3. The first kappa shape index (κ1) is 19.0. The van der Waals surface area contributed by atoms with Crippen molar-refractivity contribution in [2.45, 2.75) is 40.5 Å². The molecule has 2 aliphatic rings. The summed E-state index contributed by atoms with van der Waals surface area (Å²) in [5.41, 5.74) is 5.96. The van der Waals surface area contributed by atoms with Crippen LogP contribution < -0.4 is 10.7 Å². The van der Waals surface area contributed by atoms with Crippen LogP contribution in [-0.2, 0) is 11.2 Å². The second-order valence-electron chi connectivity index (χ2n) is 6.78. The Morgan fingerprint density at radius 1 is 1.15 bits per heavy atom. The number of carboxylic acid groups (broad SMARTS) is 1. The number of benzene rings is 2. The van der Waals surface area contributed by atoms with E-state index in [1.54, 1.807) is 0 Å². The van der Waals surface area contributed by atoms with Gasteiger partial charge in [0.05, 0.1) is 5.36 Å². The van der Waals surface area contributed by atoms with Gasteiger partial charge < -0.3 is 14.8 Å². The first-order chi connectivity index (χ1) is 12.9. The molecule has 1 aliphatic heterocycles. The van der Waals surface area contributed by atoms with Crippen molar-refractivity contribution in [3.8, 4) is 11.3 Å². The third-order valence-corrected chi connectivity index (χ3v) is 4.78. The Morgan fingerprint density at radius 3 is 2.59 bits per heavy atom. The predicted octanol–water partition coefficient (Wildman–Crippen LogP) is 4.52. The smallest absolute Gasteiger partial charge is 0.303 e. The van der Waals surface area contributed by atoms with E-state index in [2.05, 4.69) is 36.3 Å². The fraction of sp³-hybridized carbons (Fsp3) is 0.364. The quantitative estimate of drug-likeness (QED) is 0.629. The van der Waals surface area contributed by atoms with Crippen molar-refractivity contribution in [1.29, 1.82) is 0 Å². The molecule has 27 heavy (non-hydrogen) atoms. The first-order valence-electron chi connectivity index (χ1n) is 9.41. The maximum Gasteiger partial charge on any atom is 0.303 e. The molecule has 0 saturated carbocycles. The van der Waals surface area contributed by atoms with E-state index >= 15 is 0 Å². The minimum atomic E-state index is -0.799. The van der Waals surface area contributed by atoms with E-state index in [1.165, 1.54) is 0 Å². The molecule has 0 atom stereocenters. The molecule has 1 aliphatic carbocycles. The lowest BCUT2D eigenvalue weighted by Crippen LogP contribution is -2.10. The molecule has 5 nitrogen and oxygen atoms in total. The Hall–Kier alpha value is -2.82. The lowest BCUT2D eigenvalue weighted by molar-refractivity contribution is -0.136. The summed E-state index contributed by atoms with van der Waals surface area (Å²) < 4.78 is 6.23. The molecular weight excluding hydrogens is 340 g/mol. The van der Waals surface area contributed by atoms with Gasteiger partial charge in [0.2, 0.25) is 0 Å². The number of carbonyl (C=O) groups is 1. The van der Waals surface area contributed by atoms with E-state index in [0.29, 0.717) is 13.0 Å². The molecule has 1 aromatic carbocycles. The van der Waals surface area contributed by atoms with Crippen LogP contribution in [0.1, 0.15) is 37.0 Å². The fourth-order valence-corrected chi connectivity index (χ4v) is 3.49. The van der Waals surface area contributed by atoms with Crippen LogP contribution in [0.5, 0.6) is 0 Å². The third-order valence-electron chi connectivity index (χ3n) is 4.78. The molecule has 0 amide bonds. The minimum absolute atomic E-state index is 0.0857. The van der Waals surface area contributed by atoms with Gasteiger partial charge in [0.1, 0.15) is 11.3 Å². The molecule has 0 aromatic heterocycles. The number of aryl methyl sites for hydroxylation is 3. The van der Waals surface area contributed by atoms with Crippen molar-refractivity contribution >= 4 is 22.6 Å². The van der Waals surface area contributed by atoms with Gasteiger partial charge in [-0.15, -0.1) is 0 Å². The highest BCUT2D eigenvalue weighted by Crippen LogP contribution is 2.36. The maximum absolute atomic E-state index is 11.2. The van der Waals surface area contributed by atoms with Crippen molar-refractivity contribution in [2.24, 2.45) is 4.99 Å². The van der Waals surface area contributed by atoms with E-state index < -0.39 is 5.97 Å². The third kappa shape index (κ3) is 3.82. The second-order valence-corrected chi connectivity index (χ2v) is 6.78. The molecule has 5 heteroatoms. The van der Waals surface area contributed by atoms with Gasteiger partial charge in [-0.1, -0.05) is 0 Å². The number of anilines is 1. The van der Waals surface area contributed by atoms with E-state index in [9.17, 15) is 9.90 Å². The molecule has 0 bridgehead atoms. The van der Waals surface area contributed by atoms with E-state index in [4.69, 9.17) is 4.42 Å². The number of carboxylic acids is 1. The normalized spacial score (nSPS) is 12.1. The Balaban J connectivity index is 2.35. The van der Waals surface area contributed by atoms with Crippen LogP contribution in [0.2, 0.25) is 0 Å². The van der Waals surface area contributed by atoms with Crippen molar-refractivity contribution in [3.63, 3.8) is 0 Å². The highest BCUT2D eigenvalue weighted by molar-refractivity contribution is 5.91. The molecule has 1 heterocycles. The van der Waals surface area contributed by atoms with Crippen molar-refractivity contribution < 1.29 is 14.3 Å². The van der Waals surface area contributed by atoms with Gasteiger partial charge in [0, 0.05) is 48.3 Å². The molecule has 0 radical (unpaired) electrons. The van der Waals surface area contributed by atoms with E-state index in [-0.39, 0.29) is 6.42 Å². The summed E-state index contributed by atoms with van der Waals surface area (Å²) >= 11 is 0. The zero-order valence-electron chi connectivity index (χ0n) is 16.3. The van der Waals surface area contributed by atoms with Gasteiger partial charge in [0.15, 0.2) is 0 Å². The molecule has 142 valence electrons. The predicted molar refractivity (Wildman–Crippen MR) is 109 cm³/mol. The summed E-state index contributed by atoms with van der Waals surface area (Å²) in [6, 6.07) is 8.13. The zero-order valence-corrected chi connectivity index (χ0v) is 16.3. The molecule has 3 rings (SSSR count). The molecule has 0 spiro atoms. The van der Waals surface area contributed by atoms with Crippen LogP contribution in [0.15, 0.2) is 33.7 Å². The van der Waals surface area contributed by atoms with Crippen LogP contribution in [0.4, 0.5) is 5.69 Å². The van der Waals surface area contributed by atoms with E-state index in [1.807, 2.05) is 26.0 Å². The monoisotopic (exact) mass is 366 g/mol. The second kappa shape index (κ2) is 7.82. The minimum Gasteiger partial charge on any atom is -0.481 e. The van der Waals surface area contributed by atoms with Gasteiger partial charge in [-0.05, 0) is 62.9 Å². The van der Waals surface area contributed by atoms with Crippen LogP contribution in [-0.4, -0.2) is 24.2 Å². The fourth-order valence-electron chi connectivity index (χ4n) is 3.49. The number of aliphatic carboxylic acids is 1. The van der Waals surface area contributed by atoms with E-state index in [0.717, 1.165) is 56.6 Å². The number of nitrogens with one attached hydrogen (secondary N) is 1. The van der Waals surface area contributed by atoms with Gasteiger partial charge in [-0.3, -0.25) is 9.79 Å². The van der Waals surface area contributed by atoms with Gasteiger partial charge >= 0.3 is 5.97 Å². The molecule has 2 N–H and O–H groups in total. The van der Waals surface area contributed by atoms with Gasteiger partial charge in [-0.25, -0.2) is 0 Å². The van der Waals surface area contributed by atoms with Gasteiger partial charge in [-0.2, -0.15) is 0 Å². The van der Waals surface area contributed by atoms with Gasteiger partial charge in [0.25, 0.3) is 0 Å². The topological polar surface area (TPSA) is 74.8 Å². The largest absolute Gasteiger partial charge is 0.481 e. The Morgan fingerprint density at radius 2 is 1.93 bits per heavy atom. The van der Waals surface area contributed by atoms with Crippen molar-refractivity contribution in [3.05, 3.63) is 46.3 Å². The number of fused-ring (bicyclic) bond motifs is 2. The molecule has 0 fully saturated rings. The van der Waals surface area contributed by atoms with Crippen molar-refractivity contribution in [2.75, 3.05) is 18.4 Å². The van der Waals surface area contributed by atoms with Crippen molar-refractivity contribution in [1.82, 2.24) is 0 Å². The van der Waals surface area contributed by atoms with Crippen LogP contribution >= 0.6 is 0 Å². The lowest BCUT2D eigenvalue weighted by Gasteiger charge is -2.17. The summed E-state index contributed by atoms with van der Waals surface area (Å²) in [6.45, 7) is 9.67. The summed E-state index contributed by atoms with van der Waals surface area (Å²) in [6.07, 6.45) is 0.546. The summed E-state index contributed by atoms with van der Waals surface area (Å²) in [5, 5.41) is 14.4. The average Bonchev–Trinajstić information content (AvgIpc) is 2.61. The maximum atomic E-state index is 11.2. The summed E-state index contributed by atoms with van der Waals surface area (Å²) in [5.74, 6) is -0.0561. The standard InChI is InChI=1S/C22H26N2O3/c1-5-23-18-11-20-16(9-13(18)3)15(7-8-22(25)26)17-10-14(4)19(24-6-2)12-21(17)27-20/h9-12,23H,5-8H2,1-4H3,(H,25,26). The first-order valence-corrected chi connectivity index (χ1v) is 9.41. The Kier molecular flexibility index (Phi) is 5.49. The number of rotatable bonds is 6. The van der Waals surface area contributed by atoms with Crippen LogP contribution in [0.25, 0.3) is 22.3 Å². The van der Waals surface area contributed by atoms with Crippen LogP contribution in [0.3, 0.4) is 0 Å². The number of nitrogens with zero attached hydrogens (tertiary/aromatic N) is 1. The molecule has 0 saturated heterocycles. The Labute approximate surface area is 159 Å². The number of hydrogen-bond donors (Lipinski definition) is 2. The molecule has 0 unspecified atom stereocenters.